The number of aromatic nitrogens is 2. The first-order chi connectivity index (χ1) is 15.8. The topological polar surface area (TPSA) is 194 Å². The molecule has 0 saturated carbocycles. The molecule has 0 radical (unpaired) electrons. The summed E-state index contributed by atoms with van der Waals surface area (Å²) in [5.41, 5.74) is 8.30. The smallest absolute Gasteiger partial charge is 0.330 e. The van der Waals surface area contributed by atoms with Crippen molar-refractivity contribution in [2.45, 2.75) is 31.3 Å². The van der Waals surface area contributed by atoms with E-state index in [0.717, 1.165) is 4.57 Å². The molecule has 13 heteroatoms. The zero-order valence-corrected chi connectivity index (χ0v) is 17.2. The first-order valence-electron chi connectivity index (χ1n) is 9.88. The van der Waals surface area contributed by atoms with Gasteiger partial charge in [0.25, 0.3) is 17.4 Å². The number of hydrogen-bond acceptors (Lipinski definition) is 7. The summed E-state index contributed by atoms with van der Waals surface area (Å²) < 4.78 is 1.15. The third kappa shape index (κ3) is 5.39. The van der Waals surface area contributed by atoms with Gasteiger partial charge in [0.05, 0.1) is 6.20 Å². The molecule has 1 aliphatic heterocycles. The van der Waals surface area contributed by atoms with E-state index >= 15 is 0 Å². The Labute approximate surface area is 186 Å². The summed E-state index contributed by atoms with van der Waals surface area (Å²) in [5, 5.41) is 4.88. The zero-order chi connectivity index (χ0) is 24.0. The zero-order valence-electron chi connectivity index (χ0n) is 17.2. The molecule has 1 aromatic carbocycles. The summed E-state index contributed by atoms with van der Waals surface area (Å²) in [4.78, 5) is 76.2. The molecule has 1 aromatic heterocycles. The summed E-state index contributed by atoms with van der Waals surface area (Å²) in [6.07, 6.45) is 1.81. The monoisotopic (exact) mass is 455 g/mol. The van der Waals surface area contributed by atoms with E-state index in [0.29, 0.717) is 24.1 Å². The number of fused-ring (bicyclic) bond motifs is 1. The van der Waals surface area contributed by atoms with Gasteiger partial charge in [-0.15, -0.1) is 0 Å². The number of nitrogens with zero attached hydrogens (tertiary/aromatic N) is 2. The van der Waals surface area contributed by atoms with Gasteiger partial charge in [-0.1, -0.05) is 18.2 Å². The number of benzene rings is 1. The average molecular weight is 455 g/mol. The second-order valence-electron chi connectivity index (χ2n) is 7.08. The summed E-state index contributed by atoms with van der Waals surface area (Å²) in [6.45, 7) is 0. The van der Waals surface area contributed by atoms with Crippen molar-refractivity contribution in [1.82, 2.24) is 25.7 Å². The lowest BCUT2D eigenvalue weighted by molar-refractivity contribution is -0.131. The summed E-state index contributed by atoms with van der Waals surface area (Å²) >= 11 is 0. The Morgan fingerprint density at radius 2 is 1.91 bits per heavy atom. The van der Waals surface area contributed by atoms with E-state index in [2.05, 4.69) is 15.6 Å². The number of rotatable bonds is 7. The Morgan fingerprint density at radius 3 is 2.58 bits per heavy atom. The Balaban J connectivity index is 1.78. The number of carbonyl (C=O) groups is 5. The van der Waals surface area contributed by atoms with Crippen molar-refractivity contribution in [3.05, 3.63) is 58.3 Å². The summed E-state index contributed by atoms with van der Waals surface area (Å²) in [5.74, 6) is -1.75. The van der Waals surface area contributed by atoms with E-state index in [4.69, 9.17) is 5.73 Å². The largest absolute Gasteiger partial charge is 0.350 e. The average Bonchev–Trinajstić information content (AvgIpc) is 3.24. The van der Waals surface area contributed by atoms with Gasteiger partial charge in [0.2, 0.25) is 5.91 Å². The fourth-order valence-electron chi connectivity index (χ4n) is 3.33. The minimum absolute atomic E-state index is 0.111. The third-order valence-electron chi connectivity index (χ3n) is 4.88. The number of aryl methyl sites for hydroxylation is 1. The molecule has 5 amide bonds. The van der Waals surface area contributed by atoms with Gasteiger partial charge in [-0.05, 0) is 18.6 Å². The standard InChI is InChI=1S/C20H21N7O6/c21-20(33)26-25-17(30)12(8-9-28)23-18(31)14-6-7-15-22-10-13(19(32)27(14)15)24-16(29)11-4-2-1-3-5-11/h1-5,9-10,12,14H,6-8H2,(H,23,31)(H,24,29)(H,25,30)(H3,21,26,33). The van der Waals surface area contributed by atoms with E-state index in [-0.39, 0.29) is 18.5 Å². The van der Waals surface area contributed by atoms with Crippen molar-refractivity contribution in [3.63, 3.8) is 0 Å². The number of amides is 5. The highest BCUT2D eigenvalue weighted by Crippen LogP contribution is 2.23. The number of urea groups is 1. The van der Waals surface area contributed by atoms with E-state index in [1.165, 1.54) is 6.20 Å². The second kappa shape index (κ2) is 10.2. The number of nitrogens with one attached hydrogen (secondary N) is 4. The number of anilines is 1. The first-order valence-corrected chi connectivity index (χ1v) is 9.88. The lowest BCUT2D eigenvalue weighted by Crippen LogP contribution is -2.54. The van der Waals surface area contributed by atoms with Crippen molar-refractivity contribution in [1.29, 1.82) is 0 Å². The van der Waals surface area contributed by atoms with Crippen molar-refractivity contribution < 1.29 is 24.0 Å². The van der Waals surface area contributed by atoms with Crippen molar-refractivity contribution in [2.24, 2.45) is 5.73 Å². The predicted molar refractivity (Wildman–Crippen MR) is 114 cm³/mol. The fraction of sp³-hybridized carbons (Fsp3) is 0.250. The Morgan fingerprint density at radius 1 is 1.18 bits per heavy atom. The van der Waals surface area contributed by atoms with Crippen molar-refractivity contribution in [3.8, 4) is 0 Å². The number of nitrogens with two attached hydrogens (primary N) is 1. The predicted octanol–water partition coefficient (Wildman–Crippen LogP) is -1.24. The highest BCUT2D eigenvalue weighted by atomic mass is 16.2. The number of aldehydes is 1. The molecule has 2 unspecified atom stereocenters. The van der Waals surface area contributed by atoms with E-state index in [1.807, 2.05) is 10.9 Å². The van der Waals surface area contributed by atoms with Gasteiger partial charge in [0.15, 0.2) is 0 Å². The van der Waals surface area contributed by atoms with Crippen LogP contribution in [0.25, 0.3) is 0 Å². The van der Waals surface area contributed by atoms with Gasteiger partial charge in [-0.25, -0.2) is 15.2 Å². The molecule has 13 nitrogen and oxygen atoms in total. The molecular formula is C20H21N7O6. The molecule has 0 spiro atoms. The molecule has 2 atom stereocenters. The van der Waals surface area contributed by atoms with Crippen LogP contribution in [0.3, 0.4) is 0 Å². The van der Waals surface area contributed by atoms with Crippen LogP contribution in [0.15, 0.2) is 41.3 Å². The van der Waals surface area contributed by atoms with Gasteiger partial charge in [-0.2, -0.15) is 0 Å². The molecule has 3 rings (SSSR count). The first kappa shape index (κ1) is 23.1. The lowest BCUT2D eigenvalue weighted by atomic mass is 10.1. The molecule has 0 aliphatic carbocycles. The van der Waals surface area contributed by atoms with Crippen LogP contribution in [0.5, 0.6) is 0 Å². The Kier molecular flexibility index (Phi) is 7.13. The van der Waals surface area contributed by atoms with Gasteiger partial charge in [0.1, 0.15) is 29.9 Å². The molecule has 2 heterocycles. The van der Waals surface area contributed by atoms with Crippen molar-refractivity contribution >= 4 is 35.7 Å². The minimum atomic E-state index is -1.31. The van der Waals surface area contributed by atoms with Crippen LogP contribution in [0.2, 0.25) is 0 Å². The number of primary amides is 1. The van der Waals surface area contributed by atoms with E-state index in [1.54, 1.807) is 30.3 Å². The maximum Gasteiger partial charge on any atom is 0.330 e. The molecule has 1 aliphatic rings. The fourth-order valence-corrected chi connectivity index (χ4v) is 3.33. The summed E-state index contributed by atoms with van der Waals surface area (Å²) in [7, 11) is 0. The Hall–Kier alpha value is -4.55. The highest BCUT2D eigenvalue weighted by Gasteiger charge is 2.33. The van der Waals surface area contributed by atoms with Crippen LogP contribution in [-0.2, 0) is 20.8 Å². The highest BCUT2D eigenvalue weighted by molar-refractivity contribution is 6.04. The quantitative estimate of drug-likeness (QED) is 0.254. The van der Waals surface area contributed by atoms with Gasteiger partial charge in [0, 0.05) is 18.4 Å². The molecular weight excluding hydrogens is 434 g/mol. The molecule has 0 bridgehead atoms. The molecule has 172 valence electrons. The number of carbonyl (C=O) groups excluding carboxylic acids is 5. The van der Waals surface area contributed by atoms with Crippen LogP contribution >= 0.6 is 0 Å². The van der Waals surface area contributed by atoms with Crippen LogP contribution < -0.4 is 32.8 Å². The Bertz CT molecular complexity index is 1150. The van der Waals surface area contributed by atoms with Crippen molar-refractivity contribution in [2.75, 3.05) is 5.32 Å². The lowest BCUT2D eigenvalue weighted by Gasteiger charge is -2.20. The van der Waals surface area contributed by atoms with Crippen LogP contribution in [0, 0.1) is 0 Å². The van der Waals surface area contributed by atoms with E-state index < -0.39 is 41.4 Å². The minimum Gasteiger partial charge on any atom is -0.350 e. The number of hydrazine groups is 1. The third-order valence-corrected chi connectivity index (χ3v) is 4.88. The second-order valence-corrected chi connectivity index (χ2v) is 7.08. The van der Waals surface area contributed by atoms with Gasteiger partial charge >= 0.3 is 6.03 Å². The molecule has 6 N–H and O–H groups in total. The van der Waals surface area contributed by atoms with Gasteiger partial charge in [-0.3, -0.25) is 29.2 Å². The molecule has 2 aromatic rings. The maximum absolute atomic E-state index is 13.0. The molecule has 0 saturated heterocycles. The van der Waals surface area contributed by atoms with Crippen LogP contribution in [-0.4, -0.2) is 45.6 Å². The van der Waals surface area contributed by atoms with Crippen LogP contribution in [0.4, 0.5) is 10.5 Å². The summed E-state index contributed by atoms with van der Waals surface area (Å²) in [6, 6.07) is 4.89. The molecule has 0 fully saturated rings. The van der Waals surface area contributed by atoms with Gasteiger partial charge < -0.3 is 21.2 Å². The van der Waals surface area contributed by atoms with Crippen LogP contribution in [0.1, 0.15) is 35.1 Å². The molecule has 33 heavy (non-hydrogen) atoms. The SMILES string of the molecule is NC(=O)NNC(=O)C(CC=O)NC(=O)C1CCc2ncc(NC(=O)c3ccccc3)c(=O)n21. The number of hydrogen-bond donors (Lipinski definition) is 5. The van der Waals surface area contributed by atoms with E-state index in [9.17, 15) is 28.8 Å². The maximum atomic E-state index is 13.0. The normalized spacial score (nSPS) is 15.0.